The molecule has 0 spiro atoms. The van der Waals surface area contributed by atoms with Gasteiger partial charge in [0.25, 0.3) is 5.69 Å². The van der Waals surface area contributed by atoms with Crippen molar-refractivity contribution in [1.82, 2.24) is 0 Å². The van der Waals surface area contributed by atoms with Crippen molar-refractivity contribution >= 4 is 17.3 Å². The van der Waals surface area contributed by atoms with Crippen LogP contribution in [0.5, 0.6) is 0 Å². The van der Waals surface area contributed by atoms with Gasteiger partial charge in [-0.3, -0.25) is 10.1 Å². The first-order chi connectivity index (χ1) is 12.0. The Hall–Kier alpha value is -3.15. The van der Waals surface area contributed by atoms with Gasteiger partial charge in [-0.2, -0.15) is 0 Å². The van der Waals surface area contributed by atoms with Crippen LogP contribution < -0.4 is 5.32 Å². The fourth-order valence-electron chi connectivity index (χ4n) is 3.86. The molecule has 1 heterocycles. The van der Waals surface area contributed by atoms with E-state index in [0.717, 1.165) is 23.2 Å². The molecule has 2 aromatic carbocycles. The Morgan fingerprint density at radius 1 is 1.20 bits per heavy atom. The summed E-state index contributed by atoms with van der Waals surface area (Å²) >= 11 is 0. The van der Waals surface area contributed by atoms with Gasteiger partial charge in [-0.15, -0.1) is 0 Å². The van der Waals surface area contributed by atoms with Crippen LogP contribution in [-0.4, -0.2) is 16.0 Å². The molecule has 0 saturated heterocycles. The fraction of sp³-hybridized carbons (Fsp3) is 0.211. The predicted molar refractivity (Wildman–Crippen MR) is 92.8 cm³/mol. The maximum Gasteiger partial charge on any atom is 0.335 e. The zero-order valence-corrected chi connectivity index (χ0v) is 13.3. The lowest BCUT2D eigenvalue weighted by atomic mass is 9.77. The molecule has 1 aliphatic heterocycles. The van der Waals surface area contributed by atoms with E-state index >= 15 is 0 Å². The smallest absolute Gasteiger partial charge is 0.335 e. The summed E-state index contributed by atoms with van der Waals surface area (Å²) in [4.78, 5) is 21.7. The number of hydrogen-bond acceptors (Lipinski definition) is 4. The molecule has 0 radical (unpaired) electrons. The molecule has 0 unspecified atom stereocenters. The molecular formula is C19H16N2O4. The average Bonchev–Trinajstić information content (AvgIpc) is 3.10. The number of aromatic carboxylic acids is 1. The Balaban J connectivity index is 1.72. The summed E-state index contributed by atoms with van der Waals surface area (Å²) in [5.74, 6) is -0.563. The molecule has 0 fully saturated rings. The summed E-state index contributed by atoms with van der Waals surface area (Å²) in [5.41, 5.74) is 3.23. The fourth-order valence-corrected chi connectivity index (χ4v) is 3.86. The zero-order valence-electron chi connectivity index (χ0n) is 13.3. The minimum Gasteiger partial charge on any atom is -0.478 e. The molecule has 6 heteroatoms. The van der Waals surface area contributed by atoms with Crippen molar-refractivity contribution in [3.05, 3.63) is 81.4 Å². The third kappa shape index (κ3) is 2.55. The molecule has 0 saturated carbocycles. The van der Waals surface area contributed by atoms with Crippen molar-refractivity contribution in [2.24, 2.45) is 5.92 Å². The lowest BCUT2D eigenvalue weighted by Gasteiger charge is -2.37. The number of allylic oxidation sites excluding steroid dienone is 2. The monoisotopic (exact) mass is 336 g/mol. The first-order valence-electron chi connectivity index (χ1n) is 8.09. The molecule has 1 aliphatic carbocycles. The van der Waals surface area contributed by atoms with Gasteiger partial charge in [-0.25, -0.2) is 4.79 Å². The van der Waals surface area contributed by atoms with Crippen molar-refractivity contribution in [1.29, 1.82) is 0 Å². The molecule has 2 aliphatic rings. The highest BCUT2D eigenvalue weighted by atomic mass is 16.6. The number of carboxylic acids is 1. The number of nitro groups is 1. The number of nitro benzene ring substituents is 1. The molecule has 6 nitrogen and oxygen atoms in total. The van der Waals surface area contributed by atoms with E-state index in [1.807, 2.05) is 12.1 Å². The molecule has 0 amide bonds. The normalized spacial score (nSPS) is 23.4. The maximum absolute atomic E-state index is 11.1. The van der Waals surface area contributed by atoms with Gasteiger partial charge < -0.3 is 10.4 Å². The van der Waals surface area contributed by atoms with Gasteiger partial charge >= 0.3 is 5.97 Å². The van der Waals surface area contributed by atoms with E-state index in [0.29, 0.717) is 0 Å². The second kappa shape index (κ2) is 5.73. The standard InChI is InChI=1S/C19H16N2O4/c22-19(23)12-6-4-11(5-7-12)18-15-3-1-2-14(15)16-10-13(21(24)25)8-9-17(16)20-18/h1-2,4-10,14-15,18,20H,3H2,(H,22,23)/t14-,15-,18+/m0/s1. The molecule has 0 aromatic heterocycles. The molecule has 25 heavy (non-hydrogen) atoms. The summed E-state index contributed by atoms with van der Waals surface area (Å²) in [6.45, 7) is 0. The van der Waals surface area contributed by atoms with E-state index in [4.69, 9.17) is 5.11 Å². The third-order valence-corrected chi connectivity index (χ3v) is 5.07. The molecule has 2 aromatic rings. The number of carboxylic acid groups (broad SMARTS) is 1. The summed E-state index contributed by atoms with van der Waals surface area (Å²) < 4.78 is 0. The van der Waals surface area contributed by atoms with Crippen LogP contribution in [0.1, 0.15) is 39.9 Å². The second-order valence-corrected chi connectivity index (χ2v) is 6.43. The molecule has 126 valence electrons. The Labute approximate surface area is 144 Å². The molecular weight excluding hydrogens is 320 g/mol. The number of non-ortho nitro benzene ring substituents is 1. The third-order valence-electron chi connectivity index (χ3n) is 5.07. The number of benzene rings is 2. The van der Waals surface area contributed by atoms with Crippen LogP contribution in [0.4, 0.5) is 11.4 Å². The number of fused-ring (bicyclic) bond motifs is 3. The number of nitrogens with one attached hydrogen (secondary N) is 1. The van der Waals surface area contributed by atoms with Crippen LogP contribution in [0.3, 0.4) is 0 Å². The summed E-state index contributed by atoms with van der Waals surface area (Å²) in [6, 6.07) is 11.9. The quantitative estimate of drug-likeness (QED) is 0.500. The average molecular weight is 336 g/mol. The van der Waals surface area contributed by atoms with Crippen LogP contribution in [0.15, 0.2) is 54.6 Å². The van der Waals surface area contributed by atoms with Gasteiger partial charge in [0.1, 0.15) is 0 Å². The van der Waals surface area contributed by atoms with Crippen LogP contribution in [0.25, 0.3) is 0 Å². The van der Waals surface area contributed by atoms with Crippen molar-refractivity contribution in [2.75, 3.05) is 5.32 Å². The number of anilines is 1. The van der Waals surface area contributed by atoms with E-state index in [2.05, 4.69) is 17.5 Å². The summed E-state index contributed by atoms with van der Waals surface area (Å²) in [5, 5.41) is 23.6. The van der Waals surface area contributed by atoms with Crippen molar-refractivity contribution in [3.63, 3.8) is 0 Å². The summed E-state index contributed by atoms with van der Waals surface area (Å²) in [6.07, 6.45) is 5.11. The van der Waals surface area contributed by atoms with Crippen molar-refractivity contribution < 1.29 is 14.8 Å². The van der Waals surface area contributed by atoms with Gasteiger partial charge in [0.05, 0.1) is 16.5 Å². The number of hydrogen-bond donors (Lipinski definition) is 2. The molecule has 2 N–H and O–H groups in total. The minimum atomic E-state index is -0.943. The van der Waals surface area contributed by atoms with Crippen molar-refractivity contribution in [2.45, 2.75) is 18.4 Å². The van der Waals surface area contributed by atoms with E-state index < -0.39 is 5.97 Å². The predicted octanol–water partition coefficient (Wildman–Crippen LogP) is 4.12. The lowest BCUT2D eigenvalue weighted by molar-refractivity contribution is -0.384. The molecule has 4 rings (SSSR count). The largest absolute Gasteiger partial charge is 0.478 e. The zero-order chi connectivity index (χ0) is 17.6. The Morgan fingerprint density at radius 3 is 2.64 bits per heavy atom. The van der Waals surface area contributed by atoms with Crippen LogP contribution >= 0.6 is 0 Å². The number of carbonyl (C=O) groups is 1. The van der Waals surface area contributed by atoms with Crippen LogP contribution in [-0.2, 0) is 0 Å². The van der Waals surface area contributed by atoms with Gasteiger partial charge in [-0.05, 0) is 41.7 Å². The van der Waals surface area contributed by atoms with Gasteiger partial charge in [0, 0.05) is 23.7 Å². The second-order valence-electron chi connectivity index (χ2n) is 6.43. The molecule has 3 atom stereocenters. The summed E-state index contributed by atoms with van der Waals surface area (Å²) in [7, 11) is 0. The maximum atomic E-state index is 11.1. The Morgan fingerprint density at radius 2 is 1.96 bits per heavy atom. The van der Waals surface area contributed by atoms with E-state index in [1.54, 1.807) is 24.3 Å². The highest BCUT2D eigenvalue weighted by Crippen LogP contribution is 2.50. The van der Waals surface area contributed by atoms with E-state index in [-0.39, 0.29) is 34.1 Å². The highest BCUT2D eigenvalue weighted by Gasteiger charge is 2.38. The first-order valence-corrected chi connectivity index (χ1v) is 8.09. The SMILES string of the molecule is O=C(O)c1ccc([C@H]2Nc3ccc([N+](=O)[O-])cc3[C@H]3C=CC[C@@H]32)cc1. The van der Waals surface area contributed by atoms with Crippen molar-refractivity contribution in [3.8, 4) is 0 Å². The van der Waals surface area contributed by atoms with Gasteiger partial charge in [-0.1, -0.05) is 24.3 Å². The van der Waals surface area contributed by atoms with E-state index in [1.165, 1.54) is 6.07 Å². The highest BCUT2D eigenvalue weighted by molar-refractivity contribution is 5.87. The number of rotatable bonds is 3. The van der Waals surface area contributed by atoms with E-state index in [9.17, 15) is 14.9 Å². The molecule has 0 bridgehead atoms. The van der Waals surface area contributed by atoms with Crippen LogP contribution in [0, 0.1) is 16.0 Å². The minimum absolute atomic E-state index is 0.0387. The number of nitrogens with zero attached hydrogens (tertiary/aromatic N) is 1. The Kier molecular flexibility index (Phi) is 3.53. The Bertz CT molecular complexity index is 889. The first kappa shape index (κ1) is 15.4. The van der Waals surface area contributed by atoms with Gasteiger partial charge in [0.2, 0.25) is 0 Å². The van der Waals surface area contributed by atoms with Crippen LogP contribution in [0.2, 0.25) is 0 Å². The lowest BCUT2D eigenvalue weighted by Crippen LogP contribution is -2.29. The topological polar surface area (TPSA) is 92.5 Å². The van der Waals surface area contributed by atoms with Gasteiger partial charge in [0.15, 0.2) is 0 Å².